The van der Waals surface area contributed by atoms with Gasteiger partial charge in [-0.05, 0) is 13.0 Å². The Morgan fingerprint density at radius 1 is 1.53 bits per heavy atom. The van der Waals surface area contributed by atoms with E-state index >= 15 is 0 Å². The monoisotopic (exact) mass is 227 g/mol. The molecule has 2 heterocycles. The van der Waals surface area contributed by atoms with E-state index in [9.17, 15) is 5.11 Å². The molecule has 0 fully saturated rings. The average molecular weight is 227 g/mol. The molecule has 15 heavy (non-hydrogen) atoms. The highest BCUT2D eigenvalue weighted by molar-refractivity contribution is 7.16. The average Bonchev–Trinajstić information content (AvgIpc) is 2.76. The van der Waals surface area contributed by atoms with Crippen LogP contribution in [-0.2, 0) is 6.42 Å². The second-order valence-corrected chi connectivity index (χ2v) is 4.19. The molecule has 2 aromatic rings. The molecule has 1 atom stereocenters. The summed E-state index contributed by atoms with van der Waals surface area (Å²) in [7, 11) is 0. The zero-order chi connectivity index (χ0) is 10.8. The molecular formula is C8H13N5OS. The van der Waals surface area contributed by atoms with Crippen molar-refractivity contribution in [1.82, 2.24) is 19.8 Å². The third-order valence-electron chi connectivity index (χ3n) is 2.11. The van der Waals surface area contributed by atoms with E-state index in [-0.39, 0.29) is 0 Å². The molecule has 0 aliphatic carbocycles. The van der Waals surface area contributed by atoms with E-state index in [1.165, 1.54) is 11.3 Å². The lowest BCUT2D eigenvalue weighted by atomic mass is 10.3. The topological polar surface area (TPSA) is 89.3 Å². The summed E-state index contributed by atoms with van der Waals surface area (Å²) < 4.78 is 1.68. The minimum atomic E-state index is -0.591. The van der Waals surface area contributed by atoms with E-state index < -0.39 is 6.10 Å². The van der Waals surface area contributed by atoms with Crippen molar-refractivity contribution in [3.8, 4) is 0 Å². The molecule has 0 aliphatic rings. The smallest absolute Gasteiger partial charge is 0.234 e. The number of aliphatic hydroxyl groups excluding tert-OH is 1. The summed E-state index contributed by atoms with van der Waals surface area (Å²) in [6, 6.07) is 0. The van der Waals surface area contributed by atoms with E-state index in [0.717, 1.165) is 17.2 Å². The molecule has 6 nitrogen and oxygen atoms in total. The number of nitrogens with two attached hydrogens (primary N) is 1. The number of hydrogen-bond donors (Lipinski definition) is 2. The molecule has 1 unspecified atom stereocenters. The zero-order valence-electron chi connectivity index (χ0n) is 8.42. The molecule has 82 valence electrons. The highest BCUT2D eigenvalue weighted by atomic mass is 32.1. The van der Waals surface area contributed by atoms with Crippen LogP contribution in [0.25, 0.3) is 4.96 Å². The zero-order valence-corrected chi connectivity index (χ0v) is 9.24. The number of nitrogens with zero attached hydrogens (tertiary/aromatic N) is 4. The van der Waals surface area contributed by atoms with Gasteiger partial charge >= 0.3 is 0 Å². The standard InChI is InChI=1S/C8H13N5OS/c1-2-6-10-11-8-13(6)12-7(15-8)5(14)3-4-9/h5,14H,2-4,9H2,1H3. The van der Waals surface area contributed by atoms with E-state index in [4.69, 9.17) is 5.73 Å². The highest BCUT2D eigenvalue weighted by Gasteiger charge is 2.15. The van der Waals surface area contributed by atoms with Gasteiger partial charge in [0.15, 0.2) is 5.82 Å². The van der Waals surface area contributed by atoms with Gasteiger partial charge in [-0.3, -0.25) is 0 Å². The molecule has 7 heteroatoms. The van der Waals surface area contributed by atoms with Crippen LogP contribution in [0.4, 0.5) is 0 Å². The van der Waals surface area contributed by atoms with Crippen LogP contribution >= 0.6 is 11.3 Å². The first-order valence-electron chi connectivity index (χ1n) is 4.85. The van der Waals surface area contributed by atoms with Crippen LogP contribution in [0.15, 0.2) is 0 Å². The van der Waals surface area contributed by atoms with Crippen molar-refractivity contribution in [2.24, 2.45) is 5.73 Å². The normalized spacial score (nSPS) is 13.5. The first-order chi connectivity index (χ1) is 7.26. The Morgan fingerprint density at radius 3 is 3.00 bits per heavy atom. The van der Waals surface area contributed by atoms with Gasteiger partial charge in [0, 0.05) is 6.42 Å². The quantitative estimate of drug-likeness (QED) is 0.775. The molecule has 0 bridgehead atoms. The van der Waals surface area contributed by atoms with E-state index in [2.05, 4.69) is 15.3 Å². The Labute approximate surface area is 90.7 Å². The predicted octanol–water partition coefficient (Wildman–Crippen LogP) is 0.130. The molecule has 0 saturated carbocycles. The number of hydrogen-bond acceptors (Lipinski definition) is 6. The molecule has 0 aromatic carbocycles. The van der Waals surface area contributed by atoms with Gasteiger partial charge in [0.05, 0.1) is 0 Å². The van der Waals surface area contributed by atoms with Crippen molar-refractivity contribution >= 4 is 16.3 Å². The number of rotatable bonds is 4. The summed E-state index contributed by atoms with van der Waals surface area (Å²) in [6.07, 6.45) is 0.703. The van der Waals surface area contributed by atoms with Crippen LogP contribution in [-0.4, -0.2) is 31.5 Å². The molecule has 0 amide bonds. The van der Waals surface area contributed by atoms with Gasteiger partial charge in [-0.2, -0.15) is 9.61 Å². The van der Waals surface area contributed by atoms with Crippen LogP contribution in [0, 0.1) is 0 Å². The third-order valence-corrected chi connectivity index (χ3v) is 3.11. The van der Waals surface area contributed by atoms with E-state index in [0.29, 0.717) is 18.0 Å². The fourth-order valence-corrected chi connectivity index (χ4v) is 2.19. The van der Waals surface area contributed by atoms with Gasteiger partial charge in [0.2, 0.25) is 4.96 Å². The molecule has 0 saturated heterocycles. The fraction of sp³-hybridized carbons (Fsp3) is 0.625. The summed E-state index contributed by atoms with van der Waals surface area (Å²) in [5, 5.41) is 22.6. The summed E-state index contributed by atoms with van der Waals surface area (Å²) in [5.41, 5.74) is 5.37. The molecule has 2 rings (SSSR count). The Balaban J connectivity index is 2.34. The summed E-state index contributed by atoms with van der Waals surface area (Å²) >= 11 is 1.35. The van der Waals surface area contributed by atoms with Crippen LogP contribution in [0.3, 0.4) is 0 Å². The lowest BCUT2D eigenvalue weighted by Crippen LogP contribution is -2.07. The summed E-state index contributed by atoms with van der Waals surface area (Å²) in [6.45, 7) is 2.44. The predicted molar refractivity (Wildman–Crippen MR) is 56.7 cm³/mol. The Hall–Kier alpha value is -1.05. The van der Waals surface area contributed by atoms with Gasteiger partial charge in [0.1, 0.15) is 11.1 Å². The number of fused-ring (bicyclic) bond motifs is 1. The van der Waals surface area contributed by atoms with Crippen molar-refractivity contribution in [2.75, 3.05) is 6.54 Å². The van der Waals surface area contributed by atoms with Crippen LogP contribution < -0.4 is 5.73 Å². The number of aliphatic hydroxyl groups is 1. The second kappa shape index (κ2) is 4.21. The van der Waals surface area contributed by atoms with E-state index in [1.807, 2.05) is 6.92 Å². The lowest BCUT2D eigenvalue weighted by Gasteiger charge is -2.02. The van der Waals surface area contributed by atoms with Crippen LogP contribution in [0.5, 0.6) is 0 Å². The fourth-order valence-electron chi connectivity index (χ4n) is 1.31. The summed E-state index contributed by atoms with van der Waals surface area (Å²) in [4.78, 5) is 0.720. The van der Waals surface area contributed by atoms with Crippen molar-refractivity contribution < 1.29 is 5.11 Å². The Bertz CT molecular complexity index is 451. The SMILES string of the molecule is CCc1nnc2sc(C(O)CCN)nn12. The first-order valence-corrected chi connectivity index (χ1v) is 5.67. The molecule has 0 radical (unpaired) electrons. The van der Waals surface area contributed by atoms with Gasteiger partial charge < -0.3 is 10.8 Å². The maximum atomic E-state index is 9.71. The Morgan fingerprint density at radius 2 is 2.33 bits per heavy atom. The van der Waals surface area contributed by atoms with Gasteiger partial charge in [-0.15, -0.1) is 10.2 Å². The minimum absolute atomic E-state index is 0.446. The lowest BCUT2D eigenvalue weighted by molar-refractivity contribution is 0.168. The van der Waals surface area contributed by atoms with Gasteiger partial charge in [-0.25, -0.2) is 0 Å². The maximum Gasteiger partial charge on any atom is 0.234 e. The van der Waals surface area contributed by atoms with Crippen molar-refractivity contribution in [2.45, 2.75) is 25.9 Å². The molecule has 3 N–H and O–H groups in total. The third kappa shape index (κ3) is 1.85. The maximum absolute atomic E-state index is 9.71. The molecular weight excluding hydrogens is 214 g/mol. The van der Waals surface area contributed by atoms with Gasteiger partial charge in [-0.1, -0.05) is 18.3 Å². The Kier molecular flexibility index (Phi) is 2.94. The largest absolute Gasteiger partial charge is 0.386 e. The number of aryl methyl sites for hydroxylation is 1. The van der Waals surface area contributed by atoms with Crippen LogP contribution in [0.1, 0.15) is 30.3 Å². The second-order valence-electron chi connectivity index (χ2n) is 3.20. The molecule has 2 aromatic heterocycles. The highest BCUT2D eigenvalue weighted by Crippen LogP contribution is 2.22. The van der Waals surface area contributed by atoms with Crippen molar-refractivity contribution in [3.63, 3.8) is 0 Å². The summed E-state index contributed by atoms with van der Waals surface area (Å²) in [5.74, 6) is 0.812. The molecule has 0 spiro atoms. The first kappa shape index (κ1) is 10.5. The van der Waals surface area contributed by atoms with Gasteiger partial charge in [0.25, 0.3) is 0 Å². The van der Waals surface area contributed by atoms with Crippen LogP contribution in [0.2, 0.25) is 0 Å². The minimum Gasteiger partial charge on any atom is -0.386 e. The molecule has 0 aliphatic heterocycles. The van der Waals surface area contributed by atoms with Crippen molar-refractivity contribution in [3.05, 3.63) is 10.8 Å². The van der Waals surface area contributed by atoms with Crippen molar-refractivity contribution in [1.29, 1.82) is 0 Å². The number of aromatic nitrogens is 4. The van der Waals surface area contributed by atoms with E-state index in [1.54, 1.807) is 4.52 Å².